The molecule has 0 saturated carbocycles. The van der Waals surface area contributed by atoms with Crippen molar-refractivity contribution in [2.45, 2.75) is 6.18 Å². The molecular weight excluding hydrogens is 299 g/mol. The average molecular weight is 315 g/mol. The molecule has 0 unspecified atom stereocenters. The van der Waals surface area contributed by atoms with Gasteiger partial charge in [0.1, 0.15) is 0 Å². The highest BCUT2D eigenvalue weighted by molar-refractivity contribution is 5.58. The summed E-state index contributed by atoms with van der Waals surface area (Å²) >= 11 is 0. The highest BCUT2D eigenvalue weighted by atomic mass is 19.4. The van der Waals surface area contributed by atoms with E-state index in [4.69, 9.17) is 0 Å². The van der Waals surface area contributed by atoms with E-state index in [1.54, 1.807) is 6.07 Å². The maximum Gasteiger partial charge on any atom is 0.416 e. The van der Waals surface area contributed by atoms with Crippen molar-refractivity contribution in [1.82, 2.24) is 0 Å². The van der Waals surface area contributed by atoms with Crippen LogP contribution in [-0.2, 0) is 6.18 Å². The summed E-state index contributed by atoms with van der Waals surface area (Å²) in [6, 6.07) is 26.7. The Hall–Kier alpha value is -2.75. The lowest BCUT2D eigenvalue weighted by atomic mass is 10.2. The topological polar surface area (TPSA) is 12.0 Å². The Morgan fingerprint density at radius 3 is 1.17 bits per heavy atom. The zero-order valence-electron chi connectivity index (χ0n) is 12.3. The van der Waals surface area contributed by atoms with Gasteiger partial charge in [0, 0.05) is 11.4 Å². The van der Waals surface area contributed by atoms with Crippen LogP contribution >= 0.6 is 0 Å². The fourth-order valence-corrected chi connectivity index (χ4v) is 1.84. The van der Waals surface area contributed by atoms with Crippen LogP contribution in [0.5, 0.6) is 0 Å². The highest BCUT2D eigenvalue weighted by Crippen LogP contribution is 2.28. The molecule has 0 bridgehead atoms. The van der Waals surface area contributed by atoms with Crippen LogP contribution in [0.4, 0.5) is 24.5 Å². The second kappa shape index (κ2) is 8.03. The Balaban J connectivity index is 0.000000174. The molecule has 0 aliphatic carbocycles. The Bertz CT molecular complexity index is 643. The van der Waals surface area contributed by atoms with Gasteiger partial charge in [0.2, 0.25) is 0 Å². The second-order valence-electron chi connectivity index (χ2n) is 4.72. The Labute approximate surface area is 133 Å². The number of hydrogen-bond acceptors (Lipinski definition) is 1. The predicted octanol–water partition coefficient (Wildman–Crippen LogP) is 6.14. The largest absolute Gasteiger partial charge is 0.416 e. The Morgan fingerprint density at radius 1 is 0.522 bits per heavy atom. The molecule has 0 saturated heterocycles. The van der Waals surface area contributed by atoms with Crippen molar-refractivity contribution < 1.29 is 13.2 Å². The first-order valence-electron chi connectivity index (χ1n) is 7.05. The summed E-state index contributed by atoms with van der Waals surface area (Å²) in [6.07, 6.45) is -4.21. The first-order valence-corrected chi connectivity index (χ1v) is 7.05. The summed E-state index contributed by atoms with van der Waals surface area (Å²) in [5.41, 5.74) is 1.64. The first-order chi connectivity index (χ1) is 11.1. The SMILES string of the molecule is FC(F)(F)c1ccccc1.c1ccc(Nc2ccccc2)cc1. The minimum Gasteiger partial charge on any atom is -0.356 e. The number of para-hydroxylation sites is 2. The van der Waals surface area contributed by atoms with Crippen LogP contribution in [0.3, 0.4) is 0 Å². The number of halogens is 3. The molecule has 118 valence electrons. The molecule has 0 radical (unpaired) electrons. The molecule has 1 nitrogen and oxygen atoms in total. The van der Waals surface area contributed by atoms with E-state index in [-0.39, 0.29) is 0 Å². The summed E-state index contributed by atoms with van der Waals surface area (Å²) in [5, 5.41) is 3.30. The molecule has 3 rings (SSSR count). The molecule has 0 amide bonds. The van der Waals surface area contributed by atoms with Gasteiger partial charge in [-0.2, -0.15) is 13.2 Å². The van der Waals surface area contributed by atoms with Crippen LogP contribution in [0.25, 0.3) is 0 Å². The summed E-state index contributed by atoms with van der Waals surface area (Å²) < 4.78 is 35.4. The third-order valence-corrected chi connectivity index (χ3v) is 2.94. The number of rotatable bonds is 2. The van der Waals surface area contributed by atoms with Crippen LogP contribution in [0.15, 0.2) is 91.0 Å². The smallest absolute Gasteiger partial charge is 0.356 e. The lowest BCUT2D eigenvalue weighted by Gasteiger charge is -2.04. The third kappa shape index (κ3) is 5.87. The predicted molar refractivity (Wildman–Crippen MR) is 87.6 cm³/mol. The van der Waals surface area contributed by atoms with Gasteiger partial charge in [0.25, 0.3) is 0 Å². The van der Waals surface area contributed by atoms with Crippen LogP contribution in [-0.4, -0.2) is 0 Å². The maximum atomic E-state index is 11.8. The van der Waals surface area contributed by atoms with E-state index in [0.717, 1.165) is 23.5 Å². The molecule has 0 heterocycles. The molecule has 23 heavy (non-hydrogen) atoms. The van der Waals surface area contributed by atoms with E-state index in [1.165, 1.54) is 12.1 Å². The summed E-state index contributed by atoms with van der Waals surface area (Å²) in [6.45, 7) is 0. The molecule has 3 aromatic carbocycles. The molecule has 3 aromatic rings. The van der Waals surface area contributed by atoms with E-state index in [0.29, 0.717) is 0 Å². The number of alkyl halides is 3. The van der Waals surface area contributed by atoms with Gasteiger partial charge in [-0.1, -0.05) is 66.7 Å². The molecule has 0 fully saturated rings. The summed E-state index contributed by atoms with van der Waals surface area (Å²) in [5.74, 6) is 0. The van der Waals surface area contributed by atoms with Crippen molar-refractivity contribution in [3.05, 3.63) is 96.6 Å². The molecule has 0 spiro atoms. The fourth-order valence-electron chi connectivity index (χ4n) is 1.84. The molecule has 0 aromatic heterocycles. The molecule has 0 aliphatic rings. The molecule has 0 atom stereocenters. The highest BCUT2D eigenvalue weighted by Gasteiger charge is 2.29. The van der Waals surface area contributed by atoms with Crippen molar-refractivity contribution in [3.63, 3.8) is 0 Å². The number of benzene rings is 3. The lowest BCUT2D eigenvalue weighted by molar-refractivity contribution is -0.137. The van der Waals surface area contributed by atoms with Crippen molar-refractivity contribution in [1.29, 1.82) is 0 Å². The van der Waals surface area contributed by atoms with Crippen LogP contribution in [0, 0.1) is 0 Å². The normalized spacial score (nSPS) is 10.4. The summed E-state index contributed by atoms with van der Waals surface area (Å²) in [7, 11) is 0. The van der Waals surface area contributed by atoms with Gasteiger partial charge in [0.15, 0.2) is 0 Å². The molecule has 4 heteroatoms. The Kier molecular flexibility index (Phi) is 5.80. The average Bonchev–Trinajstić information content (AvgIpc) is 2.57. The molecular formula is C19H16F3N. The zero-order chi connectivity index (χ0) is 16.5. The van der Waals surface area contributed by atoms with Gasteiger partial charge < -0.3 is 5.32 Å². The van der Waals surface area contributed by atoms with E-state index in [9.17, 15) is 13.2 Å². The van der Waals surface area contributed by atoms with Crippen molar-refractivity contribution >= 4 is 11.4 Å². The fraction of sp³-hybridized carbons (Fsp3) is 0.0526. The van der Waals surface area contributed by atoms with Gasteiger partial charge in [-0.3, -0.25) is 0 Å². The van der Waals surface area contributed by atoms with Gasteiger partial charge in [-0.15, -0.1) is 0 Å². The number of hydrogen-bond donors (Lipinski definition) is 1. The lowest BCUT2D eigenvalue weighted by Crippen LogP contribution is -2.03. The van der Waals surface area contributed by atoms with E-state index in [2.05, 4.69) is 5.32 Å². The maximum absolute atomic E-state index is 11.8. The van der Waals surface area contributed by atoms with Crippen molar-refractivity contribution in [2.24, 2.45) is 0 Å². The number of anilines is 2. The molecule has 0 aliphatic heterocycles. The second-order valence-corrected chi connectivity index (χ2v) is 4.72. The van der Waals surface area contributed by atoms with E-state index < -0.39 is 11.7 Å². The monoisotopic (exact) mass is 315 g/mol. The first kappa shape index (κ1) is 16.6. The van der Waals surface area contributed by atoms with Crippen LogP contribution in [0.2, 0.25) is 0 Å². The van der Waals surface area contributed by atoms with Crippen molar-refractivity contribution in [3.8, 4) is 0 Å². The van der Waals surface area contributed by atoms with Crippen molar-refractivity contribution in [2.75, 3.05) is 5.32 Å². The van der Waals surface area contributed by atoms with E-state index in [1.807, 2.05) is 60.7 Å². The van der Waals surface area contributed by atoms with Gasteiger partial charge >= 0.3 is 6.18 Å². The zero-order valence-corrected chi connectivity index (χ0v) is 12.3. The Morgan fingerprint density at radius 2 is 0.870 bits per heavy atom. The van der Waals surface area contributed by atoms with Crippen LogP contribution < -0.4 is 5.32 Å². The number of nitrogens with one attached hydrogen (secondary N) is 1. The van der Waals surface area contributed by atoms with Crippen LogP contribution in [0.1, 0.15) is 5.56 Å². The quantitative estimate of drug-likeness (QED) is 0.599. The minimum absolute atomic E-state index is 0.602. The minimum atomic E-state index is -4.21. The van der Waals surface area contributed by atoms with E-state index >= 15 is 0 Å². The standard InChI is InChI=1S/C12H11N.C7H5F3/c1-3-7-11(8-4-1)13-12-9-5-2-6-10-12;8-7(9,10)6-4-2-1-3-5-6/h1-10,13H;1-5H. The van der Waals surface area contributed by atoms with Gasteiger partial charge in [-0.05, 0) is 24.3 Å². The molecule has 1 N–H and O–H groups in total. The van der Waals surface area contributed by atoms with Gasteiger partial charge in [0.05, 0.1) is 5.56 Å². The third-order valence-electron chi connectivity index (χ3n) is 2.94. The van der Waals surface area contributed by atoms with Gasteiger partial charge in [-0.25, -0.2) is 0 Å². The summed E-state index contributed by atoms with van der Waals surface area (Å²) in [4.78, 5) is 0.